The van der Waals surface area contributed by atoms with Crippen LogP contribution in [-0.2, 0) is 0 Å². The molecule has 0 spiro atoms. The fourth-order valence-electron chi connectivity index (χ4n) is 3.31. The summed E-state index contributed by atoms with van der Waals surface area (Å²) in [6, 6.07) is 8.97. The van der Waals surface area contributed by atoms with Crippen molar-refractivity contribution in [1.29, 1.82) is 0 Å². The van der Waals surface area contributed by atoms with Crippen LogP contribution in [0.5, 0.6) is 0 Å². The van der Waals surface area contributed by atoms with Gasteiger partial charge < -0.3 is 5.32 Å². The highest BCUT2D eigenvalue weighted by Crippen LogP contribution is 2.45. The average molecular weight is 278 g/mol. The lowest BCUT2D eigenvalue weighted by Crippen LogP contribution is -2.41. The molecule has 2 saturated carbocycles. The van der Waals surface area contributed by atoms with E-state index in [4.69, 9.17) is 11.6 Å². The van der Waals surface area contributed by atoms with Gasteiger partial charge in [0.1, 0.15) is 0 Å². The van der Waals surface area contributed by atoms with Gasteiger partial charge in [0.2, 0.25) is 0 Å². The van der Waals surface area contributed by atoms with Crippen LogP contribution in [0, 0.1) is 11.3 Å². The van der Waals surface area contributed by atoms with Crippen LogP contribution in [0.3, 0.4) is 0 Å². The minimum absolute atomic E-state index is 0.543. The van der Waals surface area contributed by atoms with Gasteiger partial charge >= 0.3 is 0 Å². The Morgan fingerprint density at radius 3 is 2.42 bits per heavy atom. The molecule has 104 valence electrons. The Bertz CT molecular complexity index is 412. The Morgan fingerprint density at radius 1 is 1.26 bits per heavy atom. The fourth-order valence-corrected chi connectivity index (χ4v) is 3.44. The predicted octanol–water partition coefficient (Wildman–Crippen LogP) is 4.96. The number of halogens is 1. The molecule has 0 aromatic heterocycles. The van der Waals surface area contributed by atoms with E-state index < -0.39 is 0 Å². The van der Waals surface area contributed by atoms with Crippen LogP contribution < -0.4 is 5.32 Å². The summed E-state index contributed by atoms with van der Waals surface area (Å²) in [5.74, 6) is 0.843. The van der Waals surface area contributed by atoms with Crippen molar-refractivity contribution < 1.29 is 0 Å². The molecule has 0 amide bonds. The molecule has 19 heavy (non-hydrogen) atoms. The fraction of sp³-hybridized carbons (Fsp3) is 0.647. The van der Waals surface area contributed by atoms with E-state index in [9.17, 15) is 0 Å². The summed E-state index contributed by atoms with van der Waals surface area (Å²) in [5.41, 5.74) is 2.01. The summed E-state index contributed by atoms with van der Waals surface area (Å²) >= 11 is 5.99. The molecule has 0 radical (unpaired) electrons. The maximum Gasteiger partial charge on any atom is 0.0406 e. The van der Waals surface area contributed by atoms with E-state index in [-0.39, 0.29) is 0 Å². The Morgan fingerprint density at radius 2 is 1.95 bits per heavy atom. The highest BCUT2D eigenvalue weighted by Gasteiger charge is 2.38. The smallest absolute Gasteiger partial charge is 0.0406 e. The van der Waals surface area contributed by atoms with Crippen molar-refractivity contribution in [3.63, 3.8) is 0 Å². The number of nitrogens with one attached hydrogen (secondary N) is 1. The monoisotopic (exact) mass is 277 g/mol. The van der Waals surface area contributed by atoms with Gasteiger partial charge in [-0.05, 0) is 61.1 Å². The van der Waals surface area contributed by atoms with Gasteiger partial charge in [0.25, 0.3) is 0 Å². The first-order chi connectivity index (χ1) is 9.22. The van der Waals surface area contributed by atoms with Crippen molar-refractivity contribution in [2.45, 2.75) is 51.5 Å². The van der Waals surface area contributed by atoms with Crippen LogP contribution in [0.2, 0.25) is 5.02 Å². The zero-order valence-corrected chi connectivity index (χ0v) is 12.5. The molecular formula is C17H24ClN. The minimum Gasteiger partial charge on any atom is -0.309 e. The van der Waals surface area contributed by atoms with Crippen molar-refractivity contribution in [1.82, 2.24) is 5.32 Å². The van der Waals surface area contributed by atoms with Gasteiger partial charge in [0.05, 0.1) is 0 Å². The second kappa shape index (κ2) is 5.46. The first kappa shape index (κ1) is 13.5. The first-order valence-corrected chi connectivity index (χ1v) is 8.09. The third kappa shape index (κ3) is 2.98. The molecule has 0 bridgehead atoms. The summed E-state index contributed by atoms with van der Waals surface area (Å²) < 4.78 is 0. The quantitative estimate of drug-likeness (QED) is 0.775. The van der Waals surface area contributed by atoms with Gasteiger partial charge in [-0.15, -0.1) is 0 Å². The number of hydrogen-bond donors (Lipinski definition) is 1. The molecular weight excluding hydrogens is 254 g/mol. The highest BCUT2D eigenvalue weighted by molar-refractivity contribution is 6.30. The van der Waals surface area contributed by atoms with Gasteiger partial charge in [0, 0.05) is 17.6 Å². The normalized spacial score (nSPS) is 22.8. The van der Waals surface area contributed by atoms with E-state index in [1.807, 2.05) is 12.1 Å². The summed E-state index contributed by atoms with van der Waals surface area (Å²) in [4.78, 5) is 0. The minimum atomic E-state index is 0.543. The molecule has 3 rings (SSSR count). The predicted molar refractivity (Wildman–Crippen MR) is 81.5 cm³/mol. The van der Waals surface area contributed by atoms with Crippen LogP contribution in [0.15, 0.2) is 24.3 Å². The Balaban J connectivity index is 1.66. The zero-order chi connectivity index (χ0) is 13.3. The van der Waals surface area contributed by atoms with E-state index in [1.54, 1.807) is 0 Å². The number of rotatable bonds is 6. The third-order valence-electron chi connectivity index (χ3n) is 5.18. The van der Waals surface area contributed by atoms with Crippen LogP contribution in [-0.4, -0.2) is 6.54 Å². The van der Waals surface area contributed by atoms with Gasteiger partial charge in [-0.25, -0.2) is 0 Å². The molecule has 2 aliphatic carbocycles. The highest BCUT2D eigenvalue weighted by atomic mass is 35.5. The summed E-state index contributed by atoms with van der Waals surface area (Å²) in [6.07, 6.45) is 8.31. The third-order valence-corrected chi connectivity index (χ3v) is 5.44. The van der Waals surface area contributed by atoms with E-state index in [0.29, 0.717) is 11.5 Å². The number of benzene rings is 1. The first-order valence-electron chi connectivity index (χ1n) is 7.71. The molecule has 2 fully saturated rings. The van der Waals surface area contributed by atoms with Crippen LogP contribution in [0.1, 0.15) is 57.1 Å². The maximum absolute atomic E-state index is 5.99. The molecule has 1 nitrogen and oxygen atoms in total. The van der Waals surface area contributed by atoms with Crippen LogP contribution in [0.25, 0.3) is 0 Å². The molecule has 0 aliphatic heterocycles. The Kier molecular flexibility index (Phi) is 3.86. The molecule has 2 heteroatoms. The van der Waals surface area contributed by atoms with Crippen molar-refractivity contribution in [2.75, 3.05) is 6.54 Å². The zero-order valence-electron chi connectivity index (χ0n) is 11.8. The van der Waals surface area contributed by atoms with Gasteiger partial charge in [-0.3, -0.25) is 0 Å². The molecule has 1 unspecified atom stereocenters. The lowest BCUT2D eigenvalue weighted by molar-refractivity contribution is 0.117. The lowest BCUT2D eigenvalue weighted by atomic mass is 9.67. The van der Waals surface area contributed by atoms with Gasteiger partial charge in [-0.1, -0.05) is 37.1 Å². The van der Waals surface area contributed by atoms with E-state index >= 15 is 0 Å². The van der Waals surface area contributed by atoms with Crippen LogP contribution in [0.4, 0.5) is 0 Å². The average Bonchev–Trinajstić information content (AvgIpc) is 3.19. The van der Waals surface area contributed by atoms with E-state index in [1.165, 1.54) is 50.6 Å². The largest absolute Gasteiger partial charge is 0.309 e. The summed E-state index contributed by atoms with van der Waals surface area (Å²) in [5, 5.41) is 4.70. The van der Waals surface area contributed by atoms with E-state index in [2.05, 4.69) is 24.4 Å². The molecule has 1 aromatic carbocycles. The molecule has 1 atom stereocenters. The second-order valence-electron chi connectivity index (χ2n) is 6.45. The Labute approximate surface area is 121 Å². The van der Waals surface area contributed by atoms with Gasteiger partial charge in [-0.2, -0.15) is 0 Å². The van der Waals surface area contributed by atoms with E-state index in [0.717, 1.165) is 10.9 Å². The SMILES string of the molecule is CCC1(CNC(c2ccc(Cl)cc2)C2CC2)CCC1. The second-order valence-corrected chi connectivity index (χ2v) is 6.89. The maximum atomic E-state index is 5.99. The molecule has 2 aliphatic rings. The molecule has 1 N–H and O–H groups in total. The lowest BCUT2D eigenvalue weighted by Gasteiger charge is -2.42. The van der Waals surface area contributed by atoms with Gasteiger partial charge in [0.15, 0.2) is 0 Å². The standard InChI is InChI=1S/C17H24ClN/c1-2-17(10-3-11-17)12-19-16(13-4-5-13)14-6-8-15(18)9-7-14/h6-9,13,16,19H,2-5,10-12H2,1H3. The molecule has 0 heterocycles. The molecule has 1 aromatic rings. The molecule has 0 saturated heterocycles. The summed E-state index contributed by atoms with van der Waals surface area (Å²) in [7, 11) is 0. The van der Waals surface area contributed by atoms with Crippen molar-refractivity contribution in [3.8, 4) is 0 Å². The number of hydrogen-bond acceptors (Lipinski definition) is 1. The topological polar surface area (TPSA) is 12.0 Å². The van der Waals surface area contributed by atoms with Crippen molar-refractivity contribution >= 4 is 11.6 Å². The summed E-state index contributed by atoms with van der Waals surface area (Å²) in [6.45, 7) is 3.53. The van der Waals surface area contributed by atoms with Crippen molar-refractivity contribution in [2.24, 2.45) is 11.3 Å². The Hall–Kier alpha value is -0.530. The van der Waals surface area contributed by atoms with Crippen molar-refractivity contribution in [3.05, 3.63) is 34.9 Å². The van der Waals surface area contributed by atoms with Crippen LogP contribution >= 0.6 is 11.6 Å².